The number of carbonyl (C=O) groups excluding carboxylic acids is 1. The SMILES string of the molecule is CCC1(O[SiH2]C(C)(C)C)C(=O)N2C(C(=O)O)CS[C@H]21. The van der Waals surface area contributed by atoms with Gasteiger partial charge in [0.15, 0.2) is 15.4 Å². The maximum Gasteiger partial charge on any atom is 0.327 e. The first-order valence-electron chi connectivity index (χ1n) is 6.54. The van der Waals surface area contributed by atoms with Gasteiger partial charge in [-0.2, -0.15) is 0 Å². The van der Waals surface area contributed by atoms with Crippen LogP contribution in [0.2, 0.25) is 5.04 Å². The summed E-state index contributed by atoms with van der Waals surface area (Å²) >= 11 is 1.54. The summed E-state index contributed by atoms with van der Waals surface area (Å²) in [6.45, 7) is 8.29. The van der Waals surface area contributed by atoms with E-state index in [1.165, 1.54) is 16.7 Å². The fourth-order valence-corrected chi connectivity index (χ4v) is 5.44. The van der Waals surface area contributed by atoms with Crippen LogP contribution < -0.4 is 0 Å². The number of fused-ring (bicyclic) bond motifs is 1. The summed E-state index contributed by atoms with van der Waals surface area (Å²) in [6, 6.07) is -0.679. The number of rotatable bonds is 4. The zero-order valence-electron chi connectivity index (χ0n) is 11.8. The molecule has 2 aliphatic rings. The van der Waals surface area contributed by atoms with Crippen LogP contribution in [0.5, 0.6) is 0 Å². The number of hydrogen-bond acceptors (Lipinski definition) is 4. The second-order valence-electron chi connectivity index (χ2n) is 6.34. The van der Waals surface area contributed by atoms with Gasteiger partial charge in [0.05, 0.1) is 0 Å². The van der Waals surface area contributed by atoms with Gasteiger partial charge >= 0.3 is 5.97 Å². The third kappa shape index (κ3) is 2.32. The van der Waals surface area contributed by atoms with E-state index in [0.29, 0.717) is 12.2 Å². The molecule has 0 aromatic rings. The number of carbonyl (C=O) groups is 2. The van der Waals surface area contributed by atoms with E-state index in [1.807, 2.05) is 6.92 Å². The normalized spacial score (nSPS) is 34.7. The van der Waals surface area contributed by atoms with Crippen LogP contribution in [0.15, 0.2) is 0 Å². The average Bonchev–Trinajstić information content (AvgIpc) is 2.70. The minimum Gasteiger partial charge on any atom is -0.480 e. The van der Waals surface area contributed by atoms with Crippen LogP contribution in [-0.4, -0.2) is 54.4 Å². The van der Waals surface area contributed by atoms with Gasteiger partial charge in [-0.05, 0) is 11.5 Å². The van der Waals surface area contributed by atoms with Crippen molar-refractivity contribution in [3.63, 3.8) is 0 Å². The maximum absolute atomic E-state index is 12.4. The van der Waals surface area contributed by atoms with Crippen molar-refractivity contribution in [2.24, 2.45) is 0 Å². The third-order valence-corrected chi connectivity index (χ3v) is 6.53. The average molecular weight is 303 g/mol. The second-order valence-corrected chi connectivity index (χ2v) is 10.2. The molecule has 0 aromatic heterocycles. The molecule has 2 rings (SSSR count). The van der Waals surface area contributed by atoms with Crippen molar-refractivity contribution < 1.29 is 19.1 Å². The van der Waals surface area contributed by atoms with Gasteiger partial charge in [0, 0.05) is 5.75 Å². The zero-order chi connectivity index (χ0) is 14.4. The Morgan fingerprint density at radius 3 is 2.74 bits per heavy atom. The number of carboxylic acids is 1. The molecular weight excluding hydrogens is 282 g/mol. The quantitative estimate of drug-likeness (QED) is 0.615. The number of amides is 1. The number of aliphatic carboxylic acids is 1. The Hall–Kier alpha value is -0.533. The van der Waals surface area contributed by atoms with E-state index in [9.17, 15) is 9.59 Å². The smallest absolute Gasteiger partial charge is 0.327 e. The van der Waals surface area contributed by atoms with Crippen molar-refractivity contribution in [3.8, 4) is 0 Å². The lowest BCUT2D eigenvalue weighted by molar-refractivity contribution is -0.182. The van der Waals surface area contributed by atoms with Crippen LogP contribution in [-0.2, 0) is 14.0 Å². The molecule has 0 aliphatic carbocycles. The van der Waals surface area contributed by atoms with E-state index in [0.717, 1.165) is 0 Å². The minimum atomic E-state index is -0.916. The molecular formula is C12H21NO4SSi. The van der Waals surface area contributed by atoms with Gasteiger partial charge in [0.2, 0.25) is 0 Å². The molecule has 7 heteroatoms. The second kappa shape index (κ2) is 4.78. The van der Waals surface area contributed by atoms with Gasteiger partial charge in [0.25, 0.3) is 5.91 Å². The molecule has 2 heterocycles. The van der Waals surface area contributed by atoms with Gasteiger partial charge in [-0.3, -0.25) is 4.79 Å². The van der Waals surface area contributed by atoms with Crippen molar-refractivity contribution in [2.75, 3.05) is 5.75 Å². The summed E-state index contributed by atoms with van der Waals surface area (Å²) in [5, 5.41) is 9.13. The number of carboxylic acid groups (broad SMARTS) is 1. The van der Waals surface area contributed by atoms with E-state index in [1.54, 1.807) is 0 Å². The van der Waals surface area contributed by atoms with Crippen LogP contribution >= 0.6 is 11.8 Å². The Kier molecular flexibility index (Phi) is 3.74. The summed E-state index contributed by atoms with van der Waals surface area (Å²) in [5.41, 5.74) is -0.756. The molecule has 1 N–H and O–H groups in total. The Morgan fingerprint density at radius 1 is 1.63 bits per heavy atom. The molecule has 1 amide bonds. The van der Waals surface area contributed by atoms with Crippen LogP contribution in [0.4, 0.5) is 0 Å². The highest BCUT2D eigenvalue weighted by molar-refractivity contribution is 8.00. The van der Waals surface area contributed by atoms with Crippen molar-refractivity contribution in [3.05, 3.63) is 0 Å². The summed E-state index contributed by atoms with van der Waals surface area (Å²) in [6.07, 6.45) is 0.620. The van der Waals surface area contributed by atoms with E-state index in [4.69, 9.17) is 9.53 Å². The van der Waals surface area contributed by atoms with Gasteiger partial charge < -0.3 is 14.4 Å². The predicted molar refractivity (Wildman–Crippen MR) is 76.9 cm³/mol. The molecule has 3 atom stereocenters. The number of β-lactam (4-membered cyclic amide) rings is 1. The van der Waals surface area contributed by atoms with Gasteiger partial charge in [-0.25, -0.2) is 4.79 Å². The van der Waals surface area contributed by atoms with Crippen LogP contribution in [0.1, 0.15) is 34.1 Å². The lowest BCUT2D eigenvalue weighted by Gasteiger charge is -2.53. The van der Waals surface area contributed by atoms with Crippen LogP contribution in [0.25, 0.3) is 0 Å². The highest BCUT2D eigenvalue weighted by Gasteiger charge is 2.66. The van der Waals surface area contributed by atoms with E-state index in [2.05, 4.69) is 20.8 Å². The lowest BCUT2D eigenvalue weighted by atomic mass is 9.88. The Labute approximate surface area is 120 Å². The Morgan fingerprint density at radius 2 is 2.26 bits per heavy atom. The standard InChI is InChI=1S/C12H21NO4SSi/c1-5-12(17-19-11(2,3)4)9(16)13-7(8(14)15)6-18-10(12)13/h7,10H,5-6,19H2,1-4H3,(H,14,15)/t7?,10-,12?/m0/s1. The fraction of sp³-hybridized carbons (Fsp3) is 0.833. The summed E-state index contributed by atoms with van der Waals surface area (Å²) < 4.78 is 6.07. The third-order valence-electron chi connectivity index (χ3n) is 3.57. The molecule has 108 valence electrons. The lowest BCUT2D eigenvalue weighted by Crippen LogP contribution is -2.74. The molecule has 0 bridgehead atoms. The molecule has 5 nitrogen and oxygen atoms in total. The highest BCUT2D eigenvalue weighted by Crippen LogP contribution is 2.50. The molecule has 2 aliphatic heterocycles. The van der Waals surface area contributed by atoms with Crippen molar-refractivity contribution in [1.29, 1.82) is 0 Å². The molecule has 2 unspecified atom stereocenters. The molecule has 0 radical (unpaired) electrons. The van der Waals surface area contributed by atoms with E-state index < -0.39 is 27.4 Å². The van der Waals surface area contributed by atoms with Crippen LogP contribution in [0, 0.1) is 0 Å². The number of thioether (sulfide) groups is 1. The fourth-order valence-electron chi connectivity index (χ4n) is 2.47. The topological polar surface area (TPSA) is 66.8 Å². The summed E-state index contributed by atoms with van der Waals surface area (Å²) in [4.78, 5) is 25.0. The zero-order valence-corrected chi connectivity index (χ0v) is 14.0. The monoisotopic (exact) mass is 303 g/mol. The Balaban J connectivity index is 2.13. The summed E-state index contributed by atoms with van der Waals surface area (Å²) in [7, 11) is -0.838. The highest BCUT2D eigenvalue weighted by atomic mass is 32.2. The first-order valence-corrected chi connectivity index (χ1v) is 8.87. The van der Waals surface area contributed by atoms with Gasteiger partial charge in [-0.15, -0.1) is 11.8 Å². The molecule has 19 heavy (non-hydrogen) atoms. The van der Waals surface area contributed by atoms with Crippen molar-refractivity contribution in [1.82, 2.24) is 4.90 Å². The minimum absolute atomic E-state index is 0.110. The first kappa shape index (κ1) is 14.9. The molecule has 2 saturated heterocycles. The molecule has 0 spiro atoms. The molecule has 0 aromatic carbocycles. The van der Waals surface area contributed by atoms with E-state index in [-0.39, 0.29) is 16.3 Å². The molecule has 0 saturated carbocycles. The Bertz CT molecular complexity index is 411. The van der Waals surface area contributed by atoms with Crippen molar-refractivity contribution >= 4 is 33.4 Å². The first-order chi connectivity index (χ1) is 8.73. The molecule has 2 fully saturated rings. The maximum atomic E-state index is 12.4. The van der Waals surface area contributed by atoms with Crippen LogP contribution in [0.3, 0.4) is 0 Å². The predicted octanol–water partition coefficient (Wildman–Crippen LogP) is 0.822. The van der Waals surface area contributed by atoms with E-state index >= 15 is 0 Å². The van der Waals surface area contributed by atoms with Gasteiger partial charge in [0.1, 0.15) is 11.4 Å². The largest absolute Gasteiger partial charge is 0.480 e. The van der Waals surface area contributed by atoms with Gasteiger partial charge in [-0.1, -0.05) is 27.7 Å². The number of hydrogen-bond donors (Lipinski definition) is 1. The van der Waals surface area contributed by atoms with Crippen molar-refractivity contribution in [2.45, 2.75) is 56.2 Å². The number of nitrogens with zero attached hydrogens (tertiary/aromatic N) is 1. The summed E-state index contributed by atoms with van der Waals surface area (Å²) in [5.74, 6) is -0.580.